The average molecular weight is 505 g/mol. The molecule has 0 saturated heterocycles. The first-order chi connectivity index (χ1) is 17.5. The third-order valence-corrected chi connectivity index (χ3v) is 4.46. The SMILES string of the molecule is CC(=O)Nc1ccc(OCCOCCOCCOCCOCCOc2ccc(NC(C)=O)cc2)cc1. The highest BCUT2D eigenvalue weighted by Gasteiger charge is 1.99. The van der Waals surface area contributed by atoms with E-state index in [2.05, 4.69) is 10.6 Å². The van der Waals surface area contributed by atoms with Crippen LogP contribution in [0.4, 0.5) is 11.4 Å². The molecule has 36 heavy (non-hydrogen) atoms. The summed E-state index contributed by atoms with van der Waals surface area (Å²) in [4.78, 5) is 22.0. The molecule has 10 heteroatoms. The molecule has 0 bridgehead atoms. The molecule has 0 unspecified atom stereocenters. The van der Waals surface area contributed by atoms with Gasteiger partial charge in [0.1, 0.15) is 24.7 Å². The molecule has 2 aromatic carbocycles. The maximum absolute atomic E-state index is 11.0. The first kappa shape index (κ1) is 29.1. The fourth-order valence-corrected chi connectivity index (χ4v) is 2.87. The van der Waals surface area contributed by atoms with Crippen LogP contribution in [0.1, 0.15) is 13.8 Å². The Morgan fingerprint density at radius 2 is 0.778 bits per heavy atom. The number of hydrogen-bond donors (Lipinski definition) is 2. The Morgan fingerprint density at radius 3 is 1.06 bits per heavy atom. The number of nitrogens with one attached hydrogen (secondary N) is 2. The molecule has 10 nitrogen and oxygen atoms in total. The Kier molecular flexibility index (Phi) is 14.6. The standard InChI is InChI=1S/C26H36N2O8/c1-21(29)27-23-3-7-25(8-4-23)35-19-17-33-15-13-31-11-12-32-14-16-34-18-20-36-26-9-5-24(6-10-26)28-22(2)30/h3-10H,11-20H2,1-2H3,(H,27,29)(H,28,30). The molecule has 0 radical (unpaired) electrons. The predicted octanol–water partition coefficient (Wildman–Crippen LogP) is 3.13. The van der Waals surface area contributed by atoms with Crippen LogP contribution in [0.5, 0.6) is 11.5 Å². The molecule has 2 N–H and O–H groups in total. The van der Waals surface area contributed by atoms with Crippen molar-refractivity contribution in [1.29, 1.82) is 0 Å². The smallest absolute Gasteiger partial charge is 0.221 e. The fourth-order valence-electron chi connectivity index (χ4n) is 2.87. The Hall–Kier alpha value is -3.18. The minimum atomic E-state index is -0.109. The van der Waals surface area contributed by atoms with Gasteiger partial charge in [-0.3, -0.25) is 9.59 Å². The second-order valence-corrected chi connectivity index (χ2v) is 7.56. The van der Waals surface area contributed by atoms with E-state index in [1.807, 2.05) is 0 Å². The molecule has 2 aromatic rings. The predicted molar refractivity (Wildman–Crippen MR) is 136 cm³/mol. The van der Waals surface area contributed by atoms with E-state index < -0.39 is 0 Å². The molecule has 0 atom stereocenters. The number of ether oxygens (including phenoxy) is 6. The Labute approximate surface area is 212 Å². The molecular formula is C26H36N2O8. The Morgan fingerprint density at radius 1 is 0.500 bits per heavy atom. The van der Waals surface area contributed by atoms with Crippen molar-refractivity contribution in [3.63, 3.8) is 0 Å². The largest absolute Gasteiger partial charge is 0.491 e. The zero-order valence-electron chi connectivity index (χ0n) is 21.0. The van der Waals surface area contributed by atoms with Crippen molar-refractivity contribution >= 4 is 23.2 Å². The van der Waals surface area contributed by atoms with Crippen LogP contribution in [0.2, 0.25) is 0 Å². The van der Waals surface area contributed by atoms with Gasteiger partial charge in [0.2, 0.25) is 11.8 Å². The summed E-state index contributed by atoms with van der Waals surface area (Å²) in [6.45, 7) is 7.58. The summed E-state index contributed by atoms with van der Waals surface area (Å²) >= 11 is 0. The molecule has 198 valence electrons. The van der Waals surface area contributed by atoms with Gasteiger partial charge in [-0.2, -0.15) is 0 Å². The summed E-state index contributed by atoms with van der Waals surface area (Å²) in [5.74, 6) is 1.21. The molecular weight excluding hydrogens is 468 g/mol. The quantitative estimate of drug-likeness (QED) is 0.281. The third-order valence-electron chi connectivity index (χ3n) is 4.46. The van der Waals surface area contributed by atoms with E-state index in [0.717, 1.165) is 11.4 Å². The normalized spacial score (nSPS) is 10.6. The lowest BCUT2D eigenvalue weighted by Crippen LogP contribution is -2.14. The van der Waals surface area contributed by atoms with Crippen LogP contribution in [-0.4, -0.2) is 77.9 Å². The van der Waals surface area contributed by atoms with Gasteiger partial charge in [-0.1, -0.05) is 0 Å². The topological polar surface area (TPSA) is 114 Å². The number of amides is 2. The summed E-state index contributed by atoms with van der Waals surface area (Å²) in [7, 11) is 0. The lowest BCUT2D eigenvalue weighted by atomic mass is 10.3. The van der Waals surface area contributed by atoms with Crippen molar-refractivity contribution in [3.05, 3.63) is 48.5 Å². The first-order valence-electron chi connectivity index (χ1n) is 11.8. The second kappa shape index (κ2) is 18.1. The summed E-state index contributed by atoms with van der Waals surface area (Å²) < 4.78 is 33.0. The van der Waals surface area contributed by atoms with Crippen LogP contribution in [0, 0.1) is 0 Å². The molecule has 2 rings (SSSR count). The fraction of sp³-hybridized carbons (Fsp3) is 0.462. The van der Waals surface area contributed by atoms with Crippen molar-refractivity contribution in [2.75, 3.05) is 76.7 Å². The molecule has 0 fully saturated rings. The molecule has 2 amide bonds. The summed E-state index contributed by atoms with van der Waals surface area (Å²) in [5, 5.41) is 5.41. The highest BCUT2D eigenvalue weighted by molar-refractivity contribution is 5.89. The Balaban J connectivity index is 1.32. The number of rotatable bonds is 19. The van der Waals surface area contributed by atoms with Crippen molar-refractivity contribution in [2.24, 2.45) is 0 Å². The van der Waals surface area contributed by atoms with Gasteiger partial charge in [-0.15, -0.1) is 0 Å². The average Bonchev–Trinajstić information content (AvgIpc) is 2.85. The molecule has 0 aliphatic carbocycles. The van der Waals surface area contributed by atoms with Crippen molar-refractivity contribution < 1.29 is 38.0 Å². The van der Waals surface area contributed by atoms with Crippen LogP contribution in [0.15, 0.2) is 48.5 Å². The van der Waals surface area contributed by atoms with E-state index in [-0.39, 0.29) is 11.8 Å². The highest BCUT2D eigenvalue weighted by Crippen LogP contribution is 2.16. The minimum Gasteiger partial charge on any atom is -0.491 e. The molecule has 0 aliphatic heterocycles. The van der Waals surface area contributed by atoms with Gasteiger partial charge in [0.15, 0.2) is 0 Å². The van der Waals surface area contributed by atoms with Crippen LogP contribution >= 0.6 is 0 Å². The maximum atomic E-state index is 11.0. The van der Waals surface area contributed by atoms with E-state index in [1.165, 1.54) is 13.8 Å². The van der Waals surface area contributed by atoms with Gasteiger partial charge in [0.25, 0.3) is 0 Å². The number of carbonyl (C=O) groups excluding carboxylic acids is 2. The van der Waals surface area contributed by atoms with Gasteiger partial charge in [0.05, 0.1) is 52.9 Å². The summed E-state index contributed by atoms with van der Waals surface area (Å²) in [5.41, 5.74) is 1.46. The molecule has 0 aliphatic rings. The highest BCUT2D eigenvalue weighted by atomic mass is 16.6. The van der Waals surface area contributed by atoms with Gasteiger partial charge in [-0.05, 0) is 48.5 Å². The minimum absolute atomic E-state index is 0.109. The monoisotopic (exact) mass is 504 g/mol. The van der Waals surface area contributed by atoms with Gasteiger partial charge >= 0.3 is 0 Å². The van der Waals surface area contributed by atoms with Gasteiger partial charge in [0, 0.05) is 25.2 Å². The molecule has 0 saturated carbocycles. The maximum Gasteiger partial charge on any atom is 0.221 e. The van der Waals surface area contributed by atoms with Crippen LogP contribution < -0.4 is 20.1 Å². The third kappa shape index (κ3) is 14.3. The van der Waals surface area contributed by atoms with Crippen molar-refractivity contribution in [3.8, 4) is 11.5 Å². The zero-order valence-corrected chi connectivity index (χ0v) is 21.0. The Bertz CT molecular complexity index is 801. The summed E-state index contributed by atoms with van der Waals surface area (Å²) in [6.07, 6.45) is 0. The zero-order chi connectivity index (χ0) is 25.8. The van der Waals surface area contributed by atoms with Crippen LogP contribution in [0.25, 0.3) is 0 Å². The lowest BCUT2D eigenvalue weighted by molar-refractivity contribution is -0.115. The first-order valence-corrected chi connectivity index (χ1v) is 11.8. The van der Waals surface area contributed by atoms with E-state index >= 15 is 0 Å². The second-order valence-electron chi connectivity index (χ2n) is 7.56. The molecule has 0 heterocycles. The van der Waals surface area contributed by atoms with Crippen molar-refractivity contribution in [2.45, 2.75) is 13.8 Å². The van der Waals surface area contributed by atoms with E-state index in [1.54, 1.807) is 48.5 Å². The summed E-state index contributed by atoms with van der Waals surface area (Å²) in [6, 6.07) is 14.3. The van der Waals surface area contributed by atoms with E-state index in [9.17, 15) is 9.59 Å². The molecule has 0 spiro atoms. The molecule has 0 aromatic heterocycles. The van der Waals surface area contributed by atoms with Crippen LogP contribution in [-0.2, 0) is 28.5 Å². The van der Waals surface area contributed by atoms with Gasteiger partial charge < -0.3 is 39.1 Å². The van der Waals surface area contributed by atoms with Gasteiger partial charge in [-0.25, -0.2) is 0 Å². The van der Waals surface area contributed by atoms with E-state index in [4.69, 9.17) is 28.4 Å². The number of hydrogen-bond acceptors (Lipinski definition) is 8. The van der Waals surface area contributed by atoms with Crippen LogP contribution in [0.3, 0.4) is 0 Å². The van der Waals surface area contributed by atoms with E-state index in [0.29, 0.717) is 77.6 Å². The number of benzene rings is 2. The van der Waals surface area contributed by atoms with Crippen molar-refractivity contribution in [1.82, 2.24) is 0 Å². The number of carbonyl (C=O) groups is 2. The lowest BCUT2D eigenvalue weighted by Gasteiger charge is -2.09. The number of anilines is 2.